The first-order chi connectivity index (χ1) is 6.22. The number of ether oxygens (including phenoxy) is 1. The van der Waals surface area contributed by atoms with Crippen molar-refractivity contribution in [2.75, 3.05) is 7.11 Å². The SMILES string of the molecule is COc1sc2ccc(Br)cc2c1Cl. The first kappa shape index (κ1) is 9.31. The molecule has 0 amide bonds. The minimum absolute atomic E-state index is 0.698. The number of fused-ring (bicyclic) bond motifs is 1. The number of halogens is 2. The highest BCUT2D eigenvalue weighted by Crippen LogP contribution is 2.41. The molecule has 0 aliphatic rings. The lowest BCUT2D eigenvalue weighted by molar-refractivity contribution is 0.427. The number of methoxy groups -OCH3 is 1. The van der Waals surface area contributed by atoms with E-state index in [2.05, 4.69) is 15.9 Å². The third kappa shape index (κ3) is 1.56. The number of thiophene rings is 1. The van der Waals surface area contributed by atoms with E-state index in [1.165, 1.54) is 0 Å². The van der Waals surface area contributed by atoms with Crippen LogP contribution in [-0.2, 0) is 0 Å². The van der Waals surface area contributed by atoms with E-state index in [9.17, 15) is 0 Å². The fraction of sp³-hybridized carbons (Fsp3) is 0.111. The topological polar surface area (TPSA) is 9.23 Å². The van der Waals surface area contributed by atoms with Gasteiger partial charge < -0.3 is 4.74 Å². The molecule has 0 aliphatic heterocycles. The number of rotatable bonds is 1. The van der Waals surface area contributed by atoms with Crippen LogP contribution in [0.1, 0.15) is 0 Å². The van der Waals surface area contributed by atoms with E-state index in [1.807, 2.05) is 18.2 Å². The van der Waals surface area contributed by atoms with Crippen LogP contribution in [0.4, 0.5) is 0 Å². The largest absolute Gasteiger partial charge is 0.486 e. The Morgan fingerprint density at radius 1 is 1.46 bits per heavy atom. The Hall–Kier alpha value is -0.250. The number of hydrogen-bond acceptors (Lipinski definition) is 2. The summed E-state index contributed by atoms with van der Waals surface area (Å²) in [6.45, 7) is 0. The summed E-state index contributed by atoms with van der Waals surface area (Å²) in [6.07, 6.45) is 0. The summed E-state index contributed by atoms with van der Waals surface area (Å²) in [4.78, 5) is 0. The predicted octanol–water partition coefficient (Wildman–Crippen LogP) is 4.33. The van der Waals surface area contributed by atoms with Gasteiger partial charge in [-0.15, -0.1) is 0 Å². The van der Waals surface area contributed by atoms with Crippen molar-refractivity contribution < 1.29 is 4.74 Å². The molecule has 2 aromatic rings. The Morgan fingerprint density at radius 3 is 2.92 bits per heavy atom. The van der Waals surface area contributed by atoms with Crippen molar-refractivity contribution in [1.82, 2.24) is 0 Å². The summed E-state index contributed by atoms with van der Waals surface area (Å²) in [7, 11) is 1.63. The lowest BCUT2D eigenvalue weighted by Crippen LogP contribution is -1.76. The molecular formula is C9H6BrClOS. The highest BCUT2D eigenvalue weighted by molar-refractivity contribution is 9.10. The molecule has 1 heterocycles. The highest BCUT2D eigenvalue weighted by atomic mass is 79.9. The van der Waals surface area contributed by atoms with Crippen molar-refractivity contribution in [3.05, 3.63) is 27.7 Å². The first-order valence-electron chi connectivity index (χ1n) is 3.64. The van der Waals surface area contributed by atoms with Crippen LogP contribution < -0.4 is 4.74 Å². The number of benzene rings is 1. The summed E-state index contributed by atoms with van der Waals surface area (Å²) >= 11 is 11.1. The Bertz CT molecular complexity index is 452. The van der Waals surface area contributed by atoms with Crippen molar-refractivity contribution in [3.63, 3.8) is 0 Å². The molecular weight excluding hydrogens is 272 g/mol. The number of hydrogen-bond donors (Lipinski definition) is 0. The lowest BCUT2D eigenvalue weighted by atomic mass is 10.3. The third-order valence-electron chi connectivity index (χ3n) is 1.75. The molecule has 0 atom stereocenters. The molecule has 4 heteroatoms. The van der Waals surface area contributed by atoms with E-state index in [0.29, 0.717) is 5.02 Å². The summed E-state index contributed by atoms with van der Waals surface area (Å²) in [5, 5.41) is 2.51. The molecule has 0 spiro atoms. The van der Waals surface area contributed by atoms with Gasteiger partial charge in [0.25, 0.3) is 0 Å². The Labute approximate surface area is 93.4 Å². The van der Waals surface area contributed by atoms with E-state index in [0.717, 1.165) is 19.6 Å². The molecule has 0 bridgehead atoms. The van der Waals surface area contributed by atoms with Gasteiger partial charge in [0.1, 0.15) is 5.02 Å². The second-order valence-electron chi connectivity index (χ2n) is 2.55. The van der Waals surface area contributed by atoms with Gasteiger partial charge in [-0.1, -0.05) is 38.9 Å². The maximum Gasteiger partial charge on any atom is 0.193 e. The molecule has 0 radical (unpaired) electrons. The fourth-order valence-corrected chi connectivity index (χ4v) is 2.80. The lowest BCUT2D eigenvalue weighted by Gasteiger charge is -1.92. The van der Waals surface area contributed by atoms with Crippen LogP contribution in [0.15, 0.2) is 22.7 Å². The Morgan fingerprint density at radius 2 is 2.23 bits per heavy atom. The average Bonchev–Trinajstić information content (AvgIpc) is 2.44. The molecule has 1 aromatic heterocycles. The molecule has 13 heavy (non-hydrogen) atoms. The molecule has 68 valence electrons. The first-order valence-corrected chi connectivity index (χ1v) is 5.62. The summed E-state index contributed by atoms with van der Waals surface area (Å²) in [5.41, 5.74) is 0. The van der Waals surface area contributed by atoms with Gasteiger partial charge in [-0.3, -0.25) is 0 Å². The zero-order valence-electron chi connectivity index (χ0n) is 6.80. The zero-order valence-corrected chi connectivity index (χ0v) is 9.96. The second-order valence-corrected chi connectivity index (χ2v) is 4.86. The quantitative estimate of drug-likeness (QED) is 0.754. The van der Waals surface area contributed by atoms with Gasteiger partial charge >= 0.3 is 0 Å². The second kappa shape index (κ2) is 3.48. The molecule has 0 aliphatic carbocycles. The van der Waals surface area contributed by atoms with Gasteiger partial charge in [-0.2, -0.15) is 0 Å². The minimum Gasteiger partial charge on any atom is -0.486 e. The van der Waals surface area contributed by atoms with Crippen molar-refractivity contribution in [2.24, 2.45) is 0 Å². The minimum atomic E-state index is 0.698. The third-order valence-corrected chi connectivity index (χ3v) is 3.86. The van der Waals surface area contributed by atoms with Crippen LogP contribution in [-0.4, -0.2) is 7.11 Å². The van der Waals surface area contributed by atoms with E-state index in [-0.39, 0.29) is 0 Å². The van der Waals surface area contributed by atoms with Gasteiger partial charge in [0.2, 0.25) is 0 Å². The Kier molecular flexibility index (Phi) is 2.49. The van der Waals surface area contributed by atoms with Crippen molar-refractivity contribution >= 4 is 49.0 Å². The van der Waals surface area contributed by atoms with Gasteiger partial charge in [0.15, 0.2) is 5.06 Å². The average molecular weight is 278 g/mol. The van der Waals surface area contributed by atoms with E-state index in [4.69, 9.17) is 16.3 Å². The zero-order chi connectivity index (χ0) is 9.42. The monoisotopic (exact) mass is 276 g/mol. The maximum atomic E-state index is 6.09. The van der Waals surface area contributed by atoms with Crippen LogP contribution in [0.3, 0.4) is 0 Å². The molecule has 0 saturated heterocycles. The smallest absolute Gasteiger partial charge is 0.193 e. The van der Waals surface area contributed by atoms with Crippen LogP contribution in [0.5, 0.6) is 5.06 Å². The molecule has 0 saturated carbocycles. The van der Waals surface area contributed by atoms with Crippen molar-refractivity contribution in [1.29, 1.82) is 0 Å². The molecule has 0 fully saturated rings. The van der Waals surface area contributed by atoms with Crippen LogP contribution >= 0.6 is 38.9 Å². The summed E-state index contributed by atoms with van der Waals surface area (Å²) in [6, 6.07) is 6.02. The molecule has 0 unspecified atom stereocenters. The molecule has 1 aromatic carbocycles. The normalized spacial score (nSPS) is 10.7. The van der Waals surface area contributed by atoms with Crippen molar-refractivity contribution in [2.45, 2.75) is 0 Å². The Balaban J connectivity index is 2.77. The van der Waals surface area contributed by atoms with E-state index in [1.54, 1.807) is 18.4 Å². The van der Waals surface area contributed by atoms with Gasteiger partial charge in [-0.05, 0) is 18.2 Å². The van der Waals surface area contributed by atoms with Gasteiger partial charge in [0, 0.05) is 14.6 Å². The van der Waals surface area contributed by atoms with Crippen LogP contribution in [0.2, 0.25) is 5.02 Å². The molecule has 0 N–H and O–H groups in total. The molecule has 1 nitrogen and oxygen atoms in total. The van der Waals surface area contributed by atoms with Crippen LogP contribution in [0.25, 0.3) is 10.1 Å². The van der Waals surface area contributed by atoms with E-state index < -0.39 is 0 Å². The predicted molar refractivity (Wildman–Crippen MR) is 61.1 cm³/mol. The summed E-state index contributed by atoms with van der Waals surface area (Å²) < 4.78 is 7.31. The standard InChI is InChI=1S/C9H6BrClOS/c1-12-9-8(11)6-4-5(10)2-3-7(6)13-9/h2-4H,1H3. The van der Waals surface area contributed by atoms with Gasteiger partial charge in [0.05, 0.1) is 7.11 Å². The fourth-order valence-electron chi connectivity index (χ4n) is 1.15. The van der Waals surface area contributed by atoms with Crippen molar-refractivity contribution in [3.8, 4) is 5.06 Å². The van der Waals surface area contributed by atoms with Crippen LogP contribution in [0, 0.1) is 0 Å². The molecule has 2 rings (SSSR count). The van der Waals surface area contributed by atoms with E-state index >= 15 is 0 Å². The van der Waals surface area contributed by atoms with Gasteiger partial charge in [-0.25, -0.2) is 0 Å². The summed E-state index contributed by atoms with van der Waals surface area (Å²) in [5.74, 6) is 0. The maximum absolute atomic E-state index is 6.09. The highest BCUT2D eigenvalue weighted by Gasteiger charge is 2.10.